The SMILES string of the molecule is Cc1ccc([C@@H](CNC(=O)Cc2ccc3[nH]ncc3c2)N2CCCC2)cc1. The quantitative estimate of drug-likeness (QED) is 0.707. The fourth-order valence-electron chi connectivity index (χ4n) is 3.86. The number of likely N-dealkylation sites (tertiary alicyclic amines) is 1. The summed E-state index contributed by atoms with van der Waals surface area (Å²) in [7, 11) is 0. The molecular weight excluding hydrogens is 336 g/mol. The Morgan fingerprint density at radius 1 is 1.19 bits per heavy atom. The summed E-state index contributed by atoms with van der Waals surface area (Å²) < 4.78 is 0. The summed E-state index contributed by atoms with van der Waals surface area (Å²) >= 11 is 0. The van der Waals surface area contributed by atoms with Gasteiger partial charge in [0.15, 0.2) is 0 Å². The minimum atomic E-state index is 0.0640. The standard InChI is InChI=1S/C22H26N4O/c1-16-4-7-18(8-5-16)21(26-10-2-3-11-26)15-23-22(27)13-17-6-9-20-19(12-17)14-24-25-20/h4-9,12,14,21H,2-3,10-11,13,15H2,1H3,(H,23,27)(H,24,25)/t21-/m1/s1. The molecule has 1 saturated heterocycles. The number of carbonyl (C=O) groups is 1. The average Bonchev–Trinajstić information content (AvgIpc) is 3.35. The molecule has 1 atom stereocenters. The molecule has 1 amide bonds. The Morgan fingerprint density at radius 2 is 1.96 bits per heavy atom. The molecule has 0 saturated carbocycles. The predicted molar refractivity (Wildman–Crippen MR) is 108 cm³/mol. The van der Waals surface area contributed by atoms with Gasteiger partial charge in [0, 0.05) is 11.9 Å². The van der Waals surface area contributed by atoms with Crippen LogP contribution in [0.5, 0.6) is 0 Å². The second kappa shape index (κ2) is 7.92. The maximum absolute atomic E-state index is 12.5. The van der Waals surface area contributed by atoms with Gasteiger partial charge in [0.25, 0.3) is 0 Å². The molecule has 0 spiro atoms. The number of aryl methyl sites for hydroxylation is 1. The van der Waals surface area contributed by atoms with Crippen LogP contribution < -0.4 is 5.32 Å². The van der Waals surface area contributed by atoms with Crippen molar-refractivity contribution in [1.29, 1.82) is 0 Å². The van der Waals surface area contributed by atoms with Crippen LogP contribution in [0.3, 0.4) is 0 Å². The number of aromatic amines is 1. The number of rotatable bonds is 6. The van der Waals surface area contributed by atoms with E-state index in [-0.39, 0.29) is 11.9 Å². The molecule has 1 aliphatic rings. The van der Waals surface area contributed by atoms with Gasteiger partial charge >= 0.3 is 0 Å². The maximum atomic E-state index is 12.5. The third-order valence-corrected chi connectivity index (χ3v) is 5.41. The number of carbonyl (C=O) groups excluding carboxylic acids is 1. The predicted octanol–water partition coefficient (Wildman–Crippen LogP) is 3.37. The Bertz CT molecular complexity index is 909. The third kappa shape index (κ3) is 4.19. The molecule has 0 aliphatic carbocycles. The van der Waals surface area contributed by atoms with Crippen LogP contribution in [-0.2, 0) is 11.2 Å². The lowest BCUT2D eigenvalue weighted by Gasteiger charge is -2.28. The van der Waals surface area contributed by atoms with Crippen LogP contribution in [0.1, 0.15) is 35.6 Å². The maximum Gasteiger partial charge on any atom is 0.224 e. The Kier molecular flexibility index (Phi) is 5.21. The second-order valence-electron chi connectivity index (χ2n) is 7.44. The van der Waals surface area contributed by atoms with Gasteiger partial charge in [-0.2, -0.15) is 5.10 Å². The first-order valence-corrected chi connectivity index (χ1v) is 9.68. The summed E-state index contributed by atoms with van der Waals surface area (Å²) in [6, 6.07) is 14.9. The van der Waals surface area contributed by atoms with Gasteiger partial charge in [-0.25, -0.2) is 0 Å². The van der Waals surface area contributed by atoms with Gasteiger partial charge in [-0.15, -0.1) is 0 Å². The summed E-state index contributed by atoms with van der Waals surface area (Å²) in [5.41, 5.74) is 4.54. The molecule has 1 fully saturated rings. The van der Waals surface area contributed by atoms with E-state index in [1.807, 2.05) is 18.2 Å². The van der Waals surface area contributed by atoms with Crippen molar-refractivity contribution >= 4 is 16.8 Å². The van der Waals surface area contributed by atoms with E-state index in [9.17, 15) is 4.79 Å². The molecule has 2 aromatic carbocycles. The molecule has 4 rings (SSSR count). The van der Waals surface area contributed by atoms with E-state index in [2.05, 4.69) is 51.6 Å². The molecule has 3 aromatic rings. The molecule has 1 aromatic heterocycles. The molecule has 0 bridgehead atoms. The van der Waals surface area contributed by atoms with Crippen molar-refractivity contribution < 1.29 is 4.79 Å². The van der Waals surface area contributed by atoms with Crippen molar-refractivity contribution in [2.75, 3.05) is 19.6 Å². The van der Waals surface area contributed by atoms with Crippen molar-refractivity contribution in [3.8, 4) is 0 Å². The average molecular weight is 362 g/mol. The number of nitrogens with zero attached hydrogens (tertiary/aromatic N) is 2. The van der Waals surface area contributed by atoms with Crippen LogP contribution in [0, 0.1) is 6.92 Å². The van der Waals surface area contributed by atoms with E-state index in [4.69, 9.17) is 0 Å². The Balaban J connectivity index is 1.41. The minimum Gasteiger partial charge on any atom is -0.354 e. The molecular formula is C22H26N4O. The highest BCUT2D eigenvalue weighted by Crippen LogP contribution is 2.25. The number of benzene rings is 2. The van der Waals surface area contributed by atoms with E-state index in [0.717, 1.165) is 29.6 Å². The highest BCUT2D eigenvalue weighted by Gasteiger charge is 2.23. The zero-order chi connectivity index (χ0) is 18.6. The molecule has 1 aliphatic heterocycles. The van der Waals surface area contributed by atoms with E-state index in [1.54, 1.807) is 6.20 Å². The molecule has 27 heavy (non-hydrogen) atoms. The van der Waals surface area contributed by atoms with Crippen LogP contribution in [0.4, 0.5) is 0 Å². The van der Waals surface area contributed by atoms with Crippen molar-refractivity contribution in [3.05, 3.63) is 65.4 Å². The van der Waals surface area contributed by atoms with Gasteiger partial charge in [0.1, 0.15) is 0 Å². The first kappa shape index (κ1) is 17.7. The van der Waals surface area contributed by atoms with Gasteiger partial charge in [0.05, 0.1) is 24.2 Å². The van der Waals surface area contributed by atoms with Gasteiger partial charge < -0.3 is 5.32 Å². The normalized spacial score (nSPS) is 15.9. The number of hydrogen-bond donors (Lipinski definition) is 2. The van der Waals surface area contributed by atoms with Gasteiger partial charge in [0.2, 0.25) is 5.91 Å². The number of H-pyrrole nitrogens is 1. The highest BCUT2D eigenvalue weighted by molar-refractivity contribution is 5.82. The number of nitrogens with one attached hydrogen (secondary N) is 2. The lowest BCUT2D eigenvalue weighted by Crippen LogP contribution is -2.37. The molecule has 0 unspecified atom stereocenters. The summed E-state index contributed by atoms with van der Waals surface area (Å²) in [6.45, 7) is 4.96. The second-order valence-corrected chi connectivity index (χ2v) is 7.44. The van der Waals surface area contributed by atoms with Crippen LogP contribution in [0.25, 0.3) is 10.9 Å². The van der Waals surface area contributed by atoms with E-state index in [1.165, 1.54) is 24.0 Å². The Hall–Kier alpha value is -2.66. The highest BCUT2D eigenvalue weighted by atomic mass is 16.1. The fourth-order valence-corrected chi connectivity index (χ4v) is 3.86. The van der Waals surface area contributed by atoms with E-state index < -0.39 is 0 Å². The Labute approximate surface area is 159 Å². The topological polar surface area (TPSA) is 61.0 Å². The van der Waals surface area contributed by atoms with Crippen molar-refractivity contribution in [1.82, 2.24) is 20.4 Å². The summed E-state index contributed by atoms with van der Waals surface area (Å²) in [5, 5.41) is 11.2. The fraction of sp³-hybridized carbons (Fsp3) is 0.364. The van der Waals surface area contributed by atoms with Crippen molar-refractivity contribution in [2.45, 2.75) is 32.2 Å². The molecule has 2 N–H and O–H groups in total. The number of aromatic nitrogens is 2. The third-order valence-electron chi connectivity index (χ3n) is 5.41. The van der Waals surface area contributed by atoms with Gasteiger partial charge in [-0.1, -0.05) is 35.9 Å². The molecule has 2 heterocycles. The lowest BCUT2D eigenvalue weighted by molar-refractivity contribution is -0.120. The molecule has 5 heteroatoms. The van der Waals surface area contributed by atoms with Crippen LogP contribution in [0.15, 0.2) is 48.7 Å². The zero-order valence-electron chi connectivity index (χ0n) is 15.7. The largest absolute Gasteiger partial charge is 0.354 e. The Morgan fingerprint density at radius 3 is 2.74 bits per heavy atom. The van der Waals surface area contributed by atoms with Crippen molar-refractivity contribution in [3.63, 3.8) is 0 Å². The van der Waals surface area contributed by atoms with Gasteiger partial charge in [-0.3, -0.25) is 14.8 Å². The molecule has 0 radical (unpaired) electrons. The van der Waals surface area contributed by atoms with Crippen molar-refractivity contribution in [2.24, 2.45) is 0 Å². The van der Waals surface area contributed by atoms with Gasteiger partial charge in [-0.05, 0) is 56.1 Å². The molecule has 5 nitrogen and oxygen atoms in total. The van der Waals surface area contributed by atoms with E-state index >= 15 is 0 Å². The summed E-state index contributed by atoms with van der Waals surface area (Å²) in [6.07, 6.45) is 4.65. The van der Waals surface area contributed by atoms with Crippen LogP contribution >= 0.6 is 0 Å². The first-order valence-electron chi connectivity index (χ1n) is 9.68. The number of fused-ring (bicyclic) bond motifs is 1. The summed E-state index contributed by atoms with van der Waals surface area (Å²) in [4.78, 5) is 15.0. The van der Waals surface area contributed by atoms with E-state index in [0.29, 0.717) is 13.0 Å². The monoisotopic (exact) mass is 362 g/mol. The van der Waals surface area contributed by atoms with Crippen LogP contribution in [0.2, 0.25) is 0 Å². The smallest absolute Gasteiger partial charge is 0.224 e. The minimum absolute atomic E-state index is 0.0640. The number of hydrogen-bond acceptors (Lipinski definition) is 3. The lowest BCUT2D eigenvalue weighted by atomic mass is 10.0. The van der Waals surface area contributed by atoms with Crippen LogP contribution in [-0.4, -0.2) is 40.6 Å². The molecule has 140 valence electrons. The number of amides is 1. The zero-order valence-corrected chi connectivity index (χ0v) is 15.7. The summed E-state index contributed by atoms with van der Waals surface area (Å²) in [5.74, 6) is 0.0640. The first-order chi connectivity index (χ1) is 13.2.